The van der Waals surface area contributed by atoms with Gasteiger partial charge >= 0.3 is 0 Å². The molecule has 2 aromatic heterocycles. The fourth-order valence-corrected chi connectivity index (χ4v) is 3.15. The second-order valence-electron chi connectivity index (χ2n) is 4.93. The van der Waals surface area contributed by atoms with Gasteiger partial charge in [0, 0.05) is 12.6 Å². The molecule has 0 radical (unpaired) electrons. The topological polar surface area (TPSA) is 46.9 Å². The summed E-state index contributed by atoms with van der Waals surface area (Å²) in [5, 5.41) is 9.90. The molecule has 1 atom stereocenters. The Labute approximate surface area is 128 Å². The third-order valence-electron chi connectivity index (χ3n) is 3.47. The van der Waals surface area contributed by atoms with Crippen LogP contribution in [0.4, 0.5) is 0 Å². The number of halogens is 1. The summed E-state index contributed by atoms with van der Waals surface area (Å²) >= 11 is 1.65. The number of rotatable bonds is 3. The Morgan fingerprint density at radius 1 is 1.40 bits per heavy atom. The average molecular weight is 312 g/mol. The first-order chi connectivity index (χ1) is 9.33. The monoisotopic (exact) mass is 311 g/mol. The summed E-state index contributed by atoms with van der Waals surface area (Å²) in [6.45, 7) is 2.79. The molecule has 0 unspecified atom stereocenters. The van der Waals surface area contributed by atoms with E-state index in [1.54, 1.807) is 22.1 Å². The van der Waals surface area contributed by atoms with E-state index in [1.165, 1.54) is 12.8 Å². The van der Waals surface area contributed by atoms with E-state index in [-0.39, 0.29) is 18.0 Å². The molecule has 1 N–H and O–H groups in total. The van der Waals surface area contributed by atoms with E-state index < -0.39 is 0 Å². The van der Waals surface area contributed by atoms with E-state index in [4.69, 9.17) is 0 Å². The van der Waals surface area contributed by atoms with Gasteiger partial charge in [-0.15, -0.1) is 23.7 Å². The fourth-order valence-electron chi connectivity index (χ4n) is 2.46. The summed E-state index contributed by atoms with van der Waals surface area (Å²) in [7, 11) is 0. The second-order valence-corrected chi connectivity index (χ2v) is 5.88. The zero-order chi connectivity index (χ0) is 13.1. The quantitative estimate of drug-likeness (QED) is 0.947. The van der Waals surface area contributed by atoms with E-state index in [1.807, 2.05) is 23.6 Å². The normalized spacial score (nSPS) is 18.5. The van der Waals surface area contributed by atoms with Crippen molar-refractivity contribution in [3.8, 4) is 10.6 Å². The molecule has 0 saturated carbocycles. The molecule has 1 aliphatic heterocycles. The van der Waals surface area contributed by atoms with Crippen LogP contribution in [0.3, 0.4) is 0 Å². The number of nitrogens with zero attached hydrogens (tertiary/aromatic N) is 2. The van der Waals surface area contributed by atoms with Crippen LogP contribution in [-0.4, -0.2) is 22.9 Å². The van der Waals surface area contributed by atoms with Gasteiger partial charge in [-0.1, -0.05) is 6.07 Å². The van der Waals surface area contributed by atoms with Crippen molar-refractivity contribution in [2.45, 2.75) is 19.4 Å². The fraction of sp³-hybridized carbons (Fsp3) is 0.429. The number of thiophene rings is 1. The zero-order valence-electron chi connectivity index (χ0n) is 11.1. The largest absolute Gasteiger partial charge is 0.316 e. The van der Waals surface area contributed by atoms with Gasteiger partial charge in [0.05, 0.1) is 4.88 Å². The van der Waals surface area contributed by atoms with Gasteiger partial charge in [0.25, 0.3) is 5.56 Å². The minimum Gasteiger partial charge on any atom is -0.316 e. The summed E-state index contributed by atoms with van der Waals surface area (Å²) < 4.78 is 1.62. The van der Waals surface area contributed by atoms with Crippen LogP contribution in [0.1, 0.15) is 12.8 Å². The number of piperidine rings is 1. The minimum absolute atomic E-state index is 0. The van der Waals surface area contributed by atoms with Gasteiger partial charge in [0.1, 0.15) is 5.69 Å². The van der Waals surface area contributed by atoms with Crippen LogP contribution < -0.4 is 10.9 Å². The highest BCUT2D eigenvalue weighted by Crippen LogP contribution is 2.21. The van der Waals surface area contributed by atoms with Crippen LogP contribution in [0.2, 0.25) is 0 Å². The maximum absolute atomic E-state index is 11.9. The summed E-state index contributed by atoms with van der Waals surface area (Å²) in [6.07, 6.45) is 2.36. The third kappa shape index (κ3) is 3.48. The first-order valence-corrected chi connectivity index (χ1v) is 7.53. The molecule has 1 aliphatic rings. The Morgan fingerprint density at radius 3 is 3.00 bits per heavy atom. The summed E-state index contributed by atoms with van der Waals surface area (Å²) in [4.78, 5) is 13.0. The van der Waals surface area contributed by atoms with Crippen LogP contribution in [0.5, 0.6) is 0 Å². The molecule has 6 heteroatoms. The number of nitrogens with one attached hydrogen (secondary N) is 1. The lowest BCUT2D eigenvalue weighted by Gasteiger charge is -2.22. The first kappa shape index (κ1) is 15.2. The van der Waals surface area contributed by atoms with Gasteiger partial charge in [-0.3, -0.25) is 4.79 Å². The molecule has 1 fully saturated rings. The van der Waals surface area contributed by atoms with Crippen LogP contribution in [-0.2, 0) is 6.54 Å². The van der Waals surface area contributed by atoms with Gasteiger partial charge in [0.2, 0.25) is 0 Å². The molecular weight excluding hydrogens is 294 g/mol. The predicted octanol–water partition coefficient (Wildman–Crippen LogP) is 2.39. The Balaban J connectivity index is 0.00000147. The number of hydrogen-bond donors (Lipinski definition) is 1. The second kappa shape index (κ2) is 7.02. The van der Waals surface area contributed by atoms with Gasteiger partial charge in [-0.05, 0) is 49.4 Å². The molecule has 0 aromatic carbocycles. The highest BCUT2D eigenvalue weighted by molar-refractivity contribution is 7.13. The predicted molar refractivity (Wildman–Crippen MR) is 84.7 cm³/mol. The van der Waals surface area contributed by atoms with Crippen molar-refractivity contribution in [2.24, 2.45) is 5.92 Å². The Hall–Kier alpha value is -1.17. The molecule has 3 rings (SSSR count). The summed E-state index contributed by atoms with van der Waals surface area (Å²) in [5.41, 5.74) is 0.879. The molecule has 4 nitrogen and oxygen atoms in total. The maximum Gasteiger partial charge on any atom is 0.266 e. The molecule has 0 aliphatic carbocycles. The maximum atomic E-state index is 11.9. The lowest BCUT2D eigenvalue weighted by molar-refractivity contribution is 0.320. The Morgan fingerprint density at radius 2 is 2.30 bits per heavy atom. The van der Waals surface area contributed by atoms with E-state index in [0.717, 1.165) is 23.7 Å². The van der Waals surface area contributed by atoms with Crippen molar-refractivity contribution in [3.05, 3.63) is 40.0 Å². The number of aromatic nitrogens is 2. The van der Waals surface area contributed by atoms with Crippen molar-refractivity contribution in [1.82, 2.24) is 15.1 Å². The summed E-state index contributed by atoms with van der Waals surface area (Å²) in [5.74, 6) is 0.512. The molecule has 20 heavy (non-hydrogen) atoms. The molecule has 2 aromatic rings. The molecule has 0 amide bonds. The van der Waals surface area contributed by atoms with Crippen molar-refractivity contribution < 1.29 is 0 Å². The van der Waals surface area contributed by atoms with Gasteiger partial charge in [-0.25, -0.2) is 4.68 Å². The molecule has 1 saturated heterocycles. The Bertz CT molecular complexity index is 591. The van der Waals surface area contributed by atoms with Crippen molar-refractivity contribution in [2.75, 3.05) is 13.1 Å². The lowest BCUT2D eigenvalue weighted by Crippen LogP contribution is -2.35. The molecule has 108 valence electrons. The van der Waals surface area contributed by atoms with Crippen molar-refractivity contribution in [3.63, 3.8) is 0 Å². The molecule has 0 bridgehead atoms. The van der Waals surface area contributed by atoms with E-state index in [9.17, 15) is 4.79 Å². The van der Waals surface area contributed by atoms with Crippen molar-refractivity contribution >= 4 is 23.7 Å². The average Bonchev–Trinajstić information content (AvgIpc) is 2.96. The highest BCUT2D eigenvalue weighted by Gasteiger charge is 2.15. The zero-order valence-corrected chi connectivity index (χ0v) is 12.8. The van der Waals surface area contributed by atoms with Crippen LogP contribution in [0.25, 0.3) is 10.6 Å². The SMILES string of the molecule is Cl.O=c1ccc(-c2cccs2)nn1C[C@@H]1CCCNC1. The smallest absolute Gasteiger partial charge is 0.266 e. The number of hydrogen-bond acceptors (Lipinski definition) is 4. The van der Waals surface area contributed by atoms with Gasteiger partial charge in [0.15, 0.2) is 0 Å². The highest BCUT2D eigenvalue weighted by atomic mass is 35.5. The third-order valence-corrected chi connectivity index (χ3v) is 4.36. The molecule has 0 spiro atoms. The van der Waals surface area contributed by atoms with E-state index in [0.29, 0.717) is 12.5 Å². The van der Waals surface area contributed by atoms with E-state index in [2.05, 4.69) is 10.4 Å². The molecular formula is C14H18ClN3OS. The van der Waals surface area contributed by atoms with Crippen molar-refractivity contribution in [1.29, 1.82) is 0 Å². The van der Waals surface area contributed by atoms with Crippen LogP contribution >= 0.6 is 23.7 Å². The minimum atomic E-state index is -0.00844. The van der Waals surface area contributed by atoms with Gasteiger partial charge < -0.3 is 5.32 Å². The Kier molecular flexibility index (Phi) is 5.34. The standard InChI is InChI=1S/C14H17N3OS.ClH/c18-14-6-5-12(13-4-2-8-19-13)16-17(14)10-11-3-1-7-15-9-11;/h2,4-6,8,11,15H,1,3,7,9-10H2;1H/t11-;/m1./s1. The van der Waals surface area contributed by atoms with Crippen LogP contribution in [0.15, 0.2) is 34.4 Å². The first-order valence-electron chi connectivity index (χ1n) is 6.66. The van der Waals surface area contributed by atoms with Gasteiger partial charge in [-0.2, -0.15) is 5.10 Å². The van der Waals surface area contributed by atoms with Crippen LogP contribution in [0, 0.1) is 5.92 Å². The van der Waals surface area contributed by atoms with E-state index >= 15 is 0 Å². The lowest BCUT2D eigenvalue weighted by atomic mass is 10.00. The molecule has 3 heterocycles. The summed E-state index contributed by atoms with van der Waals surface area (Å²) in [6, 6.07) is 7.47.